The van der Waals surface area contributed by atoms with Crippen LogP contribution < -0.4 is 10.1 Å². The molecule has 5 nitrogen and oxygen atoms in total. The molecular formula is C22H27FN2O3. The topological polar surface area (TPSA) is 58.6 Å². The van der Waals surface area contributed by atoms with Crippen LogP contribution in [0, 0.1) is 5.82 Å². The SMILES string of the molecule is CC[C@@H](C)NC(=O)[C@H](C)N(Cc1ccccc1)C(=O)COc1ccccc1F. The van der Waals surface area contributed by atoms with E-state index in [0.717, 1.165) is 12.0 Å². The molecule has 6 heteroatoms. The van der Waals surface area contributed by atoms with Crippen LogP contribution in [0.25, 0.3) is 0 Å². The van der Waals surface area contributed by atoms with E-state index < -0.39 is 11.9 Å². The Hall–Kier alpha value is -2.89. The highest BCUT2D eigenvalue weighted by molar-refractivity contribution is 5.88. The van der Waals surface area contributed by atoms with Crippen molar-refractivity contribution in [1.82, 2.24) is 10.2 Å². The minimum absolute atomic E-state index is 0.00669. The van der Waals surface area contributed by atoms with E-state index in [0.29, 0.717) is 0 Å². The zero-order valence-electron chi connectivity index (χ0n) is 16.5. The van der Waals surface area contributed by atoms with Gasteiger partial charge in [-0.3, -0.25) is 9.59 Å². The van der Waals surface area contributed by atoms with E-state index in [-0.39, 0.29) is 36.8 Å². The number of hydrogen-bond donors (Lipinski definition) is 1. The summed E-state index contributed by atoms with van der Waals surface area (Å²) in [6, 6.07) is 14.6. The first kappa shape index (κ1) is 21.4. The second kappa shape index (κ2) is 10.4. The third-order valence-corrected chi connectivity index (χ3v) is 4.55. The molecule has 0 aliphatic carbocycles. The molecule has 2 rings (SSSR count). The maximum atomic E-state index is 13.7. The summed E-state index contributed by atoms with van der Waals surface area (Å²) in [4.78, 5) is 26.9. The van der Waals surface area contributed by atoms with Gasteiger partial charge in [0, 0.05) is 12.6 Å². The van der Waals surface area contributed by atoms with Gasteiger partial charge in [0.25, 0.3) is 5.91 Å². The van der Waals surface area contributed by atoms with Crippen molar-refractivity contribution in [1.29, 1.82) is 0 Å². The average Bonchev–Trinajstić information content (AvgIpc) is 2.71. The monoisotopic (exact) mass is 386 g/mol. The number of halogens is 1. The Morgan fingerprint density at radius 2 is 1.71 bits per heavy atom. The minimum Gasteiger partial charge on any atom is -0.481 e. The first-order valence-electron chi connectivity index (χ1n) is 9.43. The Morgan fingerprint density at radius 3 is 2.36 bits per heavy atom. The van der Waals surface area contributed by atoms with Gasteiger partial charge < -0.3 is 15.0 Å². The molecule has 0 saturated heterocycles. The maximum Gasteiger partial charge on any atom is 0.261 e. The maximum absolute atomic E-state index is 13.7. The summed E-state index contributed by atoms with van der Waals surface area (Å²) in [5, 5.41) is 2.90. The van der Waals surface area contributed by atoms with Gasteiger partial charge in [0.2, 0.25) is 5.91 Å². The molecule has 0 aliphatic rings. The molecule has 0 aromatic heterocycles. The standard InChI is InChI=1S/C22H27FN2O3/c1-4-16(2)24-22(27)17(3)25(14-18-10-6-5-7-11-18)21(26)15-28-20-13-9-8-12-19(20)23/h5-13,16-17H,4,14-15H2,1-3H3,(H,24,27)/t16-,17+/m1/s1. The molecule has 0 heterocycles. The molecule has 0 spiro atoms. The zero-order chi connectivity index (χ0) is 20.5. The largest absolute Gasteiger partial charge is 0.481 e. The number of hydrogen-bond acceptors (Lipinski definition) is 3. The third kappa shape index (κ3) is 6.08. The molecule has 2 atom stereocenters. The molecule has 2 aromatic rings. The summed E-state index contributed by atoms with van der Waals surface area (Å²) >= 11 is 0. The van der Waals surface area contributed by atoms with Crippen molar-refractivity contribution in [2.24, 2.45) is 0 Å². The highest BCUT2D eigenvalue weighted by Gasteiger charge is 2.27. The second-order valence-corrected chi connectivity index (χ2v) is 6.72. The minimum atomic E-state index is -0.689. The van der Waals surface area contributed by atoms with Crippen molar-refractivity contribution >= 4 is 11.8 Å². The van der Waals surface area contributed by atoms with Crippen LogP contribution >= 0.6 is 0 Å². The molecule has 0 bridgehead atoms. The first-order valence-corrected chi connectivity index (χ1v) is 9.43. The van der Waals surface area contributed by atoms with Gasteiger partial charge in [-0.25, -0.2) is 4.39 Å². The van der Waals surface area contributed by atoms with E-state index in [1.807, 2.05) is 44.2 Å². The Labute approximate surface area is 165 Å². The van der Waals surface area contributed by atoms with Crippen LogP contribution in [0.5, 0.6) is 5.75 Å². The molecule has 28 heavy (non-hydrogen) atoms. The first-order chi connectivity index (χ1) is 13.4. The van der Waals surface area contributed by atoms with Gasteiger partial charge in [0.1, 0.15) is 6.04 Å². The van der Waals surface area contributed by atoms with Gasteiger partial charge in [0.15, 0.2) is 18.2 Å². The quantitative estimate of drug-likeness (QED) is 0.717. The van der Waals surface area contributed by atoms with Crippen molar-refractivity contribution in [3.63, 3.8) is 0 Å². The number of ether oxygens (including phenoxy) is 1. The average molecular weight is 386 g/mol. The summed E-state index contributed by atoms with van der Waals surface area (Å²) in [5.74, 6) is -1.15. The molecule has 2 amide bonds. The van der Waals surface area contributed by atoms with Gasteiger partial charge in [-0.15, -0.1) is 0 Å². The number of carbonyl (C=O) groups excluding carboxylic acids is 2. The fourth-order valence-corrected chi connectivity index (χ4v) is 2.61. The van der Waals surface area contributed by atoms with Crippen LogP contribution in [0.3, 0.4) is 0 Å². The van der Waals surface area contributed by atoms with E-state index in [4.69, 9.17) is 4.74 Å². The molecule has 0 aliphatic heterocycles. The van der Waals surface area contributed by atoms with Crippen LogP contribution in [0.1, 0.15) is 32.8 Å². The van der Waals surface area contributed by atoms with Crippen molar-refractivity contribution in [2.75, 3.05) is 6.61 Å². The number of amides is 2. The van der Waals surface area contributed by atoms with Crippen LogP contribution in [-0.4, -0.2) is 35.4 Å². The highest BCUT2D eigenvalue weighted by Crippen LogP contribution is 2.16. The summed E-state index contributed by atoms with van der Waals surface area (Å²) in [6.45, 7) is 5.48. The van der Waals surface area contributed by atoms with Gasteiger partial charge >= 0.3 is 0 Å². The van der Waals surface area contributed by atoms with Gasteiger partial charge in [-0.1, -0.05) is 49.4 Å². The lowest BCUT2D eigenvalue weighted by Crippen LogP contribution is -2.50. The summed E-state index contributed by atoms with van der Waals surface area (Å²) in [5.41, 5.74) is 0.893. The number of nitrogens with zero attached hydrogens (tertiary/aromatic N) is 1. The number of benzene rings is 2. The van der Waals surface area contributed by atoms with E-state index in [1.54, 1.807) is 19.1 Å². The Balaban J connectivity index is 2.13. The second-order valence-electron chi connectivity index (χ2n) is 6.72. The van der Waals surface area contributed by atoms with Crippen LogP contribution in [0.15, 0.2) is 54.6 Å². The molecule has 1 N–H and O–H groups in total. The fraction of sp³-hybridized carbons (Fsp3) is 0.364. The van der Waals surface area contributed by atoms with Crippen molar-refractivity contribution in [2.45, 2.75) is 45.8 Å². The molecule has 0 unspecified atom stereocenters. The van der Waals surface area contributed by atoms with Gasteiger partial charge in [0.05, 0.1) is 0 Å². The molecule has 0 fully saturated rings. The van der Waals surface area contributed by atoms with Crippen molar-refractivity contribution in [3.05, 3.63) is 66.0 Å². The molecule has 2 aromatic carbocycles. The van der Waals surface area contributed by atoms with E-state index in [9.17, 15) is 14.0 Å². The van der Waals surface area contributed by atoms with Crippen LogP contribution in [0.2, 0.25) is 0 Å². The molecule has 0 radical (unpaired) electrons. The Kier molecular flexibility index (Phi) is 7.99. The summed E-state index contributed by atoms with van der Waals surface area (Å²) in [6.07, 6.45) is 0.793. The van der Waals surface area contributed by atoms with Crippen LogP contribution in [-0.2, 0) is 16.1 Å². The highest BCUT2D eigenvalue weighted by atomic mass is 19.1. The number of rotatable bonds is 9. The molecule has 0 saturated carbocycles. The smallest absolute Gasteiger partial charge is 0.261 e. The third-order valence-electron chi connectivity index (χ3n) is 4.55. The zero-order valence-corrected chi connectivity index (χ0v) is 16.5. The van der Waals surface area contributed by atoms with E-state index >= 15 is 0 Å². The van der Waals surface area contributed by atoms with Crippen molar-refractivity contribution < 1.29 is 18.7 Å². The summed E-state index contributed by atoms with van der Waals surface area (Å²) < 4.78 is 19.1. The van der Waals surface area contributed by atoms with E-state index in [2.05, 4.69) is 5.32 Å². The van der Waals surface area contributed by atoms with Crippen LogP contribution in [0.4, 0.5) is 4.39 Å². The van der Waals surface area contributed by atoms with E-state index in [1.165, 1.54) is 17.0 Å². The van der Waals surface area contributed by atoms with Crippen molar-refractivity contribution in [3.8, 4) is 5.75 Å². The lowest BCUT2D eigenvalue weighted by Gasteiger charge is -2.29. The lowest BCUT2D eigenvalue weighted by molar-refractivity contribution is -0.142. The number of nitrogens with one attached hydrogen (secondary N) is 1. The van der Waals surface area contributed by atoms with Gasteiger partial charge in [-0.05, 0) is 38.0 Å². The number of para-hydroxylation sites is 1. The molecular weight excluding hydrogens is 359 g/mol. The lowest BCUT2D eigenvalue weighted by atomic mass is 10.1. The number of carbonyl (C=O) groups is 2. The predicted molar refractivity (Wildman–Crippen MR) is 106 cm³/mol. The predicted octanol–water partition coefficient (Wildman–Crippen LogP) is 3.54. The summed E-state index contributed by atoms with van der Waals surface area (Å²) in [7, 11) is 0. The normalized spacial score (nSPS) is 12.7. The fourth-order valence-electron chi connectivity index (χ4n) is 2.61. The Morgan fingerprint density at radius 1 is 1.07 bits per heavy atom. The van der Waals surface area contributed by atoms with Gasteiger partial charge in [-0.2, -0.15) is 0 Å². The Bertz CT molecular complexity index is 782. The molecule has 150 valence electrons.